The summed E-state index contributed by atoms with van der Waals surface area (Å²) in [6, 6.07) is 0. The average Bonchev–Trinajstić information content (AvgIpc) is 2.74. The Hall–Kier alpha value is 0.170. The SMILES string of the molecule is CCC1(CO)CCCN1CC1CCCNC1.Cl. The summed E-state index contributed by atoms with van der Waals surface area (Å²) in [6.45, 7) is 7.28. The maximum atomic E-state index is 9.66. The predicted octanol–water partition coefficient (Wildman–Crippen LogP) is 1.64. The Morgan fingerprint density at radius 3 is 2.82 bits per heavy atom. The van der Waals surface area contributed by atoms with Crippen LogP contribution in [-0.4, -0.2) is 48.3 Å². The summed E-state index contributed by atoms with van der Waals surface area (Å²) in [5, 5.41) is 13.1. The van der Waals surface area contributed by atoms with Gasteiger partial charge in [0.1, 0.15) is 0 Å². The van der Waals surface area contributed by atoms with Crippen molar-refractivity contribution in [1.82, 2.24) is 10.2 Å². The van der Waals surface area contributed by atoms with Crippen molar-refractivity contribution >= 4 is 12.4 Å². The third-order valence-corrected chi connectivity index (χ3v) is 4.57. The Kier molecular flexibility index (Phi) is 6.21. The van der Waals surface area contributed by atoms with Gasteiger partial charge in [0.15, 0.2) is 0 Å². The lowest BCUT2D eigenvalue weighted by Crippen LogP contribution is -2.50. The van der Waals surface area contributed by atoms with E-state index in [0.29, 0.717) is 6.61 Å². The van der Waals surface area contributed by atoms with Crippen LogP contribution in [0.25, 0.3) is 0 Å². The van der Waals surface area contributed by atoms with E-state index in [4.69, 9.17) is 0 Å². The van der Waals surface area contributed by atoms with Gasteiger partial charge in [-0.2, -0.15) is 0 Å². The molecule has 0 aromatic rings. The fraction of sp³-hybridized carbons (Fsp3) is 1.00. The molecule has 2 aliphatic rings. The number of hydrogen-bond acceptors (Lipinski definition) is 3. The monoisotopic (exact) mass is 262 g/mol. The molecule has 0 aromatic carbocycles. The quantitative estimate of drug-likeness (QED) is 0.809. The van der Waals surface area contributed by atoms with Gasteiger partial charge in [-0.1, -0.05) is 6.92 Å². The molecule has 4 heteroatoms. The number of aliphatic hydroxyl groups is 1. The zero-order valence-electron chi connectivity index (χ0n) is 11.0. The molecule has 0 bridgehead atoms. The van der Waals surface area contributed by atoms with Gasteiger partial charge < -0.3 is 10.4 Å². The molecule has 2 rings (SSSR count). The molecule has 2 fully saturated rings. The highest BCUT2D eigenvalue weighted by Crippen LogP contribution is 2.33. The number of aliphatic hydroxyl groups excluding tert-OH is 1. The van der Waals surface area contributed by atoms with E-state index in [9.17, 15) is 5.11 Å². The molecule has 2 aliphatic heterocycles. The summed E-state index contributed by atoms with van der Waals surface area (Å²) < 4.78 is 0. The number of likely N-dealkylation sites (tertiary alicyclic amines) is 1. The van der Waals surface area contributed by atoms with E-state index in [1.807, 2.05) is 0 Å². The van der Waals surface area contributed by atoms with Gasteiger partial charge in [-0.25, -0.2) is 0 Å². The van der Waals surface area contributed by atoms with Crippen molar-refractivity contribution in [2.24, 2.45) is 5.92 Å². The van der Waals surface area contributed by atoms with Gasteiger partial charge in [0.05, 0.1) is 6.61 Å². The Bertz CT molecular complexity index is 215. The van der Waals surface area contributed by atoms with E-state index < -0.39 is 0 Å². The van der Waals surface area contributed by atoms with Gasteiger partial charge >= 0.3 is 0 Å². The van der Waals surface area contributed by atoms with Crippen LogP contribution in [0, 0.1) is 5.92 Å². The number of nitrogens with one attached hydrogen (secondary N) is 1. The summed E-state index contributed by atoms with van der Waals surface area (Å²) in [7, 11) is 0. The largest absolute Gasteiger partial charge is 0.394 e. The van der Waals surface area contributed by atoms with Gasteiger partial charge in [-0.15, -0.1) is 12.4 Å². The van der Waals surface area contributed by atoms with Crippen molar-refractivity contribution in [2.75, 3.05) is 32.8 Å². The summed E-state index contributed by atoms with van der Waals surface area (Å²) in [5.74, 6) is 0.796. The molecule has 0 aromatic heterocycles. The molecule has 2 heterocycles. The smallest absolute Gasteiger partial charge is 0.0615 e. The molecule has 0 amide bonds. The number of piperidine rings is 1. The molecule has 102 valence electrons. The normalized spacial score (nSPS) is 34.6. The minimum absolute atomic E-state index is 0. The van der Waals surface area contributed by atoms with Crippen molar-refractivity contribution in [1.29, 1.82) is 0 Å². The van der Waals surface area contributed by atoms with Crippen LogP contribution in [0.15, 0.2) is 0 Å². The third-order valence-electron chi connectivity index (χ3n) is 4.57. The van der Waals surface area contributed by atoms with Crippen LogP contribution in [0.1, 0.15) is 39.0 Å². The van der Waals surface area contributed by atoms with Gasteiger partial charge in [-0.3, -0.25) is 4.90 Å². The van der Waals surface area contributed by atoms with Gasteiger partial charge in [0.2, 0.25) is 0 Å². The number of rotatable bonds is 4. The molecule has 0 aliphatic carbocycles. The first-order valence-electron chi connectivity index (χ1n) is 6.87. The zero-order valence-corrected chi connectivity index (χ0v) is 11.8. The zero-order chi connectivity index (χ0) is 11.4. The molecule has 2 unspecified atom stereocenters. The first kappa shape index (κ1) is 15.2. The van der Waals surface area contributed by atoms with Crippen molar-refractivity contribution in [3.8, 4) is 0 Å². The van der Waals surface area contributed by atoms with E-state index >= 15 is 0 Å². The Morgan fingerprint density at radius 1 is 1.41 bits per heavy atom. The minimum Gasteiger partial charge on any atom is -0.394 e. The van der Waals surface area contributed by atoms with E-state index in [-0.39, 0.29) is 17.9 Å². The van der Waals surface area contributed by atoms with E-state index in [2.05, 4.69) is 17.1 Å². The van der Waals surface area contributed by atoms with E-state index in [1.165, 1.54) is 51.9 Å². The molecule has 0 spiro atoms. The molecular formula is C13H27ClN2O. The van der Waals surface area contributed by atoms with Crippen molar-refractivity contribution < 1.29 is 5.11 Å². The van der Waals surface area contributed by atoms with Crippen molar-refractivity contribution in [3.63, 3.8) is 0 Å². The van der Waals surface area contributed by atoms with Crippen LogP contribution in [0.5, 0.6) is 0 Å². The maximum absolute atomic E-state index is 9.66. The lowest BCUT2D eigenvalue weighted by atomic mass is 9.91. The van der Waals surface area contributed by atoms with Gasteiger partial charge in [-0.05, 0) is 57.7 Å². The Morgan fingerprint density at radius 2 is 2.24 bits per heavy atom. The van der Waals surface area contributed by atoms with Gasteiger partial charge in [0.25, 0.3) is 0 Å². The highest BCUT2D eigenvalue weighted by Gasteiger charge is 2.39. The summed E-state index contributed by atoms with van der Waals surface area (Å²) in [5.41, 5.74) is 0.109. The van der Waals surface area contributed by atoms with E-state index in [1.54, 1.807) is 0 Å². The van der Waals surface area contributed by atoms with Crippen LogP contribution in [0.4, 0.5) is 0 Å². The van der Waals surface area contributed by atoms with Crippen LogP contribution in [-0.2, 0) is 0 Å². The third kappa shape index (κ3) is 3.34. The van der Waals surface area contributed by atoms with Crippen LogP contribution in [0.2, 0.25) is 0 Å². The van der Waals surface area contributed by atoms with Crippen molar-refractivity contribution in [2.45, 2.75) is 44.6 Å². The number of halogens is 1. The van der Waals surface area contributed by atoms with Crippen LogP contribution < -0.4 is 5.32 Å². The molecule has 2 N–H and O–H groups in total. The molecule has 3 nitrogen and oxygen atoms in total. The van der Waals surface area contributed by atoms with Crippen LogP contribution in [0.3, 0.4) is 0 Å². The first-order valence-corrected chi connectivity index (χ1v) is 6.87. The fourth-order valence-electron chi connectivity index (χ4n) is 3.36. The highest BCUT2D eigenvalue weighted by atomic mass is 35.5. The molecule has 0 radical (unpaired) electrons. The lowest BCUT2D eigenvalue weighted by Gasteiger charge is -2.39. The van der Waals surface area contributed by atoms with Crippen LogP contribution >= 0.6 is 12.4 Å². The Labute approximate surface area is 111 Å². The second kappa shape index (κ2) is 6.93. The summed E-state index contributed by atoms with van der Waals surface area (Å²) in [6.07, 6.45) is 6.20. The molecule has 2 atom stereocenters. The molecular weight excluding hydrogens is 236 g/mol. The molecule has 0 saturated carbocycles. The first-order chi connectivity index (χ1) is 7.80. The number of hydrogen-bond donors (Lipinski definition) is 2. The average molecular weight is 263 g/mol. The summed E-state index contributed by atoms with van der Waals surface area (Å²) in [4.78, 5) is 2.56. The molecule has 17 heavy (non-hydrogen) atoms. The lowest BCUT2D eigenvalue weighted by molar-refractivity contribution is 0.0458. The fourth-order valence-corrected chi connectivity index (χ4v) is 3.36. The summed E-state index contributed by atoms with van der Waals surface area (Å²) >= 11 is 0. The number of nitrogens with zero attached hydrogens (tertiary/aromatic N) is 1. The Balaban J connectivity index is 0.00000144. The standard InChI is InChI=1S/C13H26N2O.ClH/c1-2-13(11-16)6-4-8-15(13)10-12-5-3-7-14-9-12;/h12,14,16H,2-11H2,1H3;1H. The van der Waals surface area contributed by atoms with Crippen molar-refractivity contribution in [3.05, 3.63) is 0 Å². The molecule has 2 saturated heterocycles. The highest BCUT2D eigenvalue weighted by molar-refractivity contribution is 5.85. The maximum Gasteiger partial charge on any atom is 0.0615 e. The second-order valence-corrected chi connectivity index (χ2v) is 5.50. The topological polar surface area (TPSA) is 35.5 Å². The van der Waals surface area contributed by atoms with E-state index in [0.717, 1.165) is 12.3 Å². The minimum atomic E-state index is 0. The predicted molar refractivity (Wildman–Crippen MR) is 73.8 cm³/mol. The van der Waals surface area contributed by atoms with Gasteiger partial charge in [0, 0.05) is 12.1 Å². The second-order valence-electron chi connectivity index (χ2n) is 5.50.